The van der Waals surface area contributed by atoms with Gasteiger partial charge in [-0.3, -0.25) is 10.00 Å². The molecule has 22 heavy (non-hydrogen) atoms. The number of aromatic nitrogens is 3. The Labute approximate surface area is 136 Å². The summed E-state index contributed by atoms with van der Waals surface area (Å²) >= 11 is 7.27. The molecule has 0 bridgehead atoms. The average molecular weight is 342 g/mol. The molecule has 0 radical (unpaired) electrons. The molecular weight excluding hydrogens is 326 g/mol. The third-order valence-electron chi connectivity index (χ3n) is 3.45. The first-order valence-electron chi connectivity index (χ1n) is 6.84. The minimum absolute atomic E-state index is 0.140. The van der Waals surface area contributed by atoms with Crippen LogP contribution in [0.5, 0.6) is 0 Å². The maximum Gasteiger partial charge on any atom is 0.323 e. The zero-order chi connectivity index (χ0) is 15.5. The second kappa shape index (κ2) is 6.64. The standard InChI is InChI=1S/C13H16ClN5O2S/c1-21-7-10-8-22-12(16-10)17-13(20)18-3-2-11(6-18)19-5-9(14)4-15-19/h4-5,8,11H,2-3,6-7H2,1H3,(H,16,17,20). The number of hydrogen-bond donors (Lipinski definition) is 1. The van der Waals surface area contributed by atoms with Crippen molar-refractivity contribution in [2.24, 2.45) is 0 Å². The summed E-state index contributed by atoms with van der Waals surface area (Å²) in [5.41, 5.74) is 0.813. The Morgan fingerprint density at radius 1 is 1.64 bits per heavy atom. The fourth-order valence-electron chi connectivity index (χ4n) is 2.41. The van der Waals surface area contributed by atoms with Gasteiger partial charge in [0.15, 0.2) is 5.13 Å². The van der Waals surface area contributed by atoms with Crippen molar-refractivity contribution in [1.29, 1.82) is 0 Å². The summed E-state index contributed by atoms with van der Waals surface area (Å²) in [6.45, 7) is 1.74. The van der Waals surface area contributed by atoms with E-state index in [1.54, 1.807) is 24.4 Å². The molecule has 0 spiro atoms. The Bertz CT molecular complexity index is 658. The number of rotatable bonds is 4. The highest BCUT2D eigenvalue weighted by Gasteiger charge is 2.28. The number of ether oxygens (including phenoxy) is 1. The van der Waals surface area contributed by atoms with Crippen molar-refractivity contribution in [2.75, 3.05) is 25.5 Å². The van der Waals surface area contributed by atoms with Crippen LogP contribution in [-0.4, -0.2) is 45.9 Å². The number of carbonyl (C=O) groups is 1. The Hall–Kier alpha value is -1.64. The molecule has 9 heteroatoms. The molecule has 7 nitrogen and oxygen atoms in total. The van der Waals surface area contributed by atoms with E-state index >= 15 is 0 Å². The molecule has 1 N–H and O–H groups in total. The van der Waals surface area contributed by atoms with Gasteiger partial charge < -0.3 is 9.64 Å². The largest absolute Gasteiger partial charge is 0.378 e. The molecule has 1 atom stereocenters. The number of amides is 2. The molecule has 118 valence electrons. The van der Waals surface area contributed by atoms with E-state index in [0.29, 0.717) is 29.9 Å². The number of halogens is 1. The molecule has 1 unspecified atom stereocenters. The SMILES string of the molecule is COCc1csc(NC(=O)N2CCC(n3cc(Cl)cn3)C2)n1. The fraction of sp³-hybridized carbons (Fsp3) is 0.462. The molecule has 2 amide bonds. The number of likely N-dealkylation sites (tertiary alicyclic amines) is 1. The van der Waals surface area contributed by atoms with Crippen LogP contribution in [0.1, 0.15) is 18.2 Å². The van der Waals surface area contributed by atoms with Crippen molar-refractivity contribution in [3.63, 3.8) is 0 Å². The summed E-state index contributed by atoms with van der Waals surface area (Å²) in [5, 5.41) is 10.1. The predicted molar refractivity (Wildman–Crippen MR) is 84.3 cm³/mol. The van der Waals surface area contributed by atoms with Gasteiger partial charge in [-0.2, -0.15) is 5.10 Å². The number of carbonyl (C=O) groups excluding carboxylic acids is 1. The monoisotopic (exact) mass is 341 g/mol. The van der Waals surface area contributed by atoms with Gasteiger partial charge in [-0.1, -0.05) is 11.6 Å². The van der Waals surface area contributed by atoms with E-state index in [1.165, 1.54) is 11.3 Å². The molecule has 3 rings (SSSR count). The Morgan fingerprint density at radius 3 is 3.23 bits per heavy atom. The van der Waals surface area contributed by atoms with Crippen LogP contribution in [0, 0.1) is 0 Å². The third-order valence-corrected chi connectivity index (χ3v) is 4.45. The number of urea groups is 1. The van der Waals surface area contributed by atoms with Crippen LogP contribution in [0.4, 0.5) is 9.93 Å². The molecule has 1 aliphatic rings. The zero-order valence-electron chi connectivity index (χ0n) is 12.0. The first-order valence-corrected chi connectivity index (χ1v) is 8.10. The maximum atomic E-state index is 12.3. The number of nitrogens with one attached hydrogen (secondary N) is 1. The van der Waals surface area contributed by atoms with Gasteiger partial charge in [0.25, 0.3) is 0 Å². The lowest BCUT2D eigenvalue weighted by Crippen LogP contribution is -2.33. The lowest BCUT2D eigenvalue weighted by Gasteiger charge is -2.16. The van der Waals surface area contributed by atoms with Crippen molar-refractivity contribution in [3.05, 3.63) is 28.5 Å². The van der Waals surface area contributed by atoms with E-state index in [0.717, 1.165) is 12.1 Å². The van der Waals surface area contributed by atoms with Gasteiger partial charge >= 0.3 is 6.03 Å². The van der Waals surface area contributed by atoms with Crippen LogP contribution in [0.25, 0.3) is 0 Å². The van der Waals surface area contributed by atoms with E-state index in [-0.39, 0.29) is 12.1 Å². The molecular formula is C13H16ClN5O2S. The first kappa shape index (κ1) is 15.3. The molecule has 2 aromatic rings. The Morgan fingerprint density at radius 2 is 2.50 bits per heavy atom. The summed E-state index contributed by atoms with van der Waals surface area (Å²) in [6, 6.07) is 0.0256. The summed E-state index contributed by atoms with van der Waals surface area (Å²) in [7, 11) is 1.61. The topological polar surface area (TPSA) is 72.3 Å². The van der Waals surface area contributed by atoms with Crippen molar-refractivity contribution >= 4 is 34.1 Å². The summed E-state index contributed by atoms with van der Waals surface area (Å²) < 4.78 is 6.83. The lowest BCUT2D eigenvalue weighted by molar-refractivity contribution is 0.182. The lowest BCUT2D eigenvalue weighted by atomic mass is 10.3. The van der Waals surface area contributed by atoms with E-state index in [9.17, 15) is 4.79 Å². The molecule has 0 aromatic carbocycles. The fourth-order valence-corrected chi connectivity index (χ4v) is 3.23. The highest BCUT2D eigenvalue weighted by atomic mass is 35.5. The van der Waals surface area contributed by atoms with E-state index < -0.39 is 0 Å². The number of anilines is 1. The molecule has 1 aliphatic heterocycles. The van der Waals surface area contributed by atoms with Crippen molar-refractivity contribution in [2.45, 2.75) is 19.1 Å². The minimum Gasteiger partial charge on any atom is -0.378 e. The van der Waals surface area contributed by atoms with E-state index in [1.807, 2.05) is 10.1 Å². The van der Waals surface area contributed by atoms with Crippen LogP contribution in [0.3, 0.4) is 0 Å². The summed E-state index contributed by atoms with van der Waals surface area (Å²) in [4.78, 5) is 18.3. The smallest absolute Gasteiger partial charge is 0.323 e. The molecule has 1 fully saturated rings. The second-order valence-electron chi connectivity index (χ2n) is 5.03. The average Bonchev–Trinajstić information content (AvgIpc) is 3.19. The third kappa shape index (κ3) is 3.40. The van der Waals surface area contributed by atoms with Crippen LogP contribution in [0.15, 0.2) is 17.8 Å². The summed E-state index contributed by atoms with van der Waals surface area (Å²) in [6.07, 6.45) is 4.25. The quantitative estimate of drug-likeness (QED) is 0.927. The van der Waals surface area contributed by atoms with Crippen LogP contribution in [0.2, 0.25) is 5.02 Å². The van der Waals surface area contributed by atoms with Crippen molar-refractivity contribution < 1.29 is 9.53 Å². The highest BCUT2D eigenvalue weighted by molar-refractivity contribution is 7.13. The van der Waals surface area contributed by atoms with Gasteiger partial charge in [0, 0.05) is 31.8 Å². The van der Waals surface area contributed by atoms with Crippen LogP contribution >= 0.6 is 22.9 Å². The molecule has 3 heterocycles. The summed E-state index contributed by atoms with van der Waals surface area (Å²) in [5.74, 6) is 0. The second-order valence-corrected chi connectivity index (χ2v) is 6.33. The van der Waals surface area contributed by atoms with Crippen LogP contribution in [-0.2, 0) is 11.3 Å². The van der Waals surface area contributed by atoms with Crippen LogP contribution < -0.4 is 5.32 Å². The number of thiazole rings is 1. The Balaban J connectivity index is 1.56. The number of nitrogens with zero attached hydrogens (tertiary/aromatic N) is 4. The molecule has 0 aliphatic carbocycles. The predicted octanol–water partition coefficient (Wildman–Crippen LogP) is 2.62. The zero-order valence-corrected chi connectivity index (χ0v) is 13.6. The highest BCUT2D eigenvalue weighted by Crippen LogP contribution is 2.23. The van der Waals surface area contributed by atoms with E-state index in [4.69, 9.17) is 16.3 Å². The van der Waals surface area contributed by atoms with Gasteiger partial charge in [0.1, 0.15) is 0 Å². The first-order chi connectivity index (χ1) is 10.7. The van der Waals surface area contributed by atoms with Gasteiger partial charge in [-0.05, 0) is 6.42 Å². The molecule has 0 saturated carbocycles. The van der Waals surface area contributed by atoms with Gasteiger partial charge in [0.2, 0.25) is 0 Å². The van der Waals surface area contributed by atoms with Crippen molar-refractivity contribution in [3.8, 4) is 0 Å². The molecule has 2 aromatic heterocycles. The Kier molecular flexibility index (Phi) is 4.60. The van der Waals surface area contributed by atoms with Crippen molar-refractivity contribution in [1.82, 2.24) is 19.7 Å². The van der Waals surface area contributed by atoms with Gasteiger partial charge in [0.05, 0.1) is 29.6 Å². The minimum atomic E-state index is -0.140. The van der Waals surface area contributed by atoms with E-state index in [2.05, 4.69) is 15.4 Å². The number of hydrogen-bond acceptors (Lipinski definition) is 5. The maximum absolute atomic E-state index is 12.3. The normalized spacial score (nSPS) is 17.9. The van der Waals surface area contributed by atoms with Gasteiger partial charge in [-0.15, -0.1) is 11.3 Å². The molecule has 1 saturated heterocycles. The van der Waals surface area contributed by atoms with Gasteiger partial charge in [-0.25, -0.2) is 9.78 Å². The number of methoxy groups -OCH3 is 1.